The molecule has 0 bridgehead atoms. The quantitative estimate of drug-likeness (QED) is 0.612. The van der Waals surface area contributed by atoms with Crippen LogP contribution in [0.15, 0.2) is 66.6 Å². The van der Waals surface area contributed by atoms with E-state index in [1.165, 1.54) is 19.1 Å². The van der Waals surface area contributed by atoms with Crippen molar-refractivity contribution in [1.29, 1.82) is 0 Å². The van der Waals surface area contributed by atoms with Gasteiger partial charge >= 0.3 is 6.18 Å². The molecule has 0 aliphatic carbocycles. The molecule has 162 valence electrons. The maximum absolute atomic E-state index is 12.8. The summed E-state index contributed by atoms with van der Waals surface area (Å²) in [6.07, 6.45) is 0.257. The third-order valence-electron chi connectivity index (χ3n) is 4.34. The van der Waals surface area contributed by atoms with Crippen LogP contribution in [0.4, 0.5) is 18.9 Å². The van der Waals surface area contributed by atoms with E-state index in [1.807, 2.05) is 0 Å². The predicted molar refractivity (Wildman–Crippen MR) is 111 cm³/mol. The van der Waals surface area contributed by atoms with Crippen LogP contribution in [-0.4, -0.2) is 23.4 Å². The molecule has 2 aromatic carbocycles. The summed E-state index contributed by atoms with van der Waals surface area (Å²) in [7, 11) is 0. The third-order valence-corrected chi connectivity index (χ3v) is 4.34. The number of amides is 2. The number of carbonyl (C=O) groups excluding carboxylic acids is 2. The van der Waals surface area contributed by atoms with E-state index >= 15 is 0 Å². The van der Waals surface area contributed by atoms with Crippen LogP contribution in [0, 0.1) is 0 Å². The van der Waals surface area contributed by atoms with Gasteiger partial charge in [-0.2, -0.15) is 13.2 Å². The van der Waals surface area contributed by atoms with Crippen LogP contribution in [0.2, 0.25) is 0 Å². The van der Waals surface area contributed by atoms with Crippen molar-refractivity contribution in [3.63, 3.8) is 0 Å². The van der Waals surface area contributed by atoms with E-state index in [2.05, 4.69) is 16.0 Å². The first-order chi connectivity index (χ1) is 14.7. The van der Waals surface area contributed by atoms with E-state index < -0.39 is 11.7 Å². The molecule has 9 heteroatoms. The number of halogens is 3. The standard InChI is InChI=1S/C22H21F3N4O2/c1-15(30)27-19-8-5-16(6-9-19)7-10-21(31)28-20-13-29(14-26-20)12-17-3-2-4-18(11-17)22(23,24)25/h2-11,13,26H,12,14H2,1H3,(H,27,30)(H,28,31)/b10-7+. The van der Waals surface area contributed by atoms with E-state index in [4.69, 9.17) is 0 Å². The van der Waals surface area contributed by atoms with Crippen molar-refractivity contribution in [1.82, 2.24) is 15.5 Å². The number of benzene rings is 2. The number of anilines is 1. The van der Waals surface area contributed by atoms with Crippen molar-refractivity contribution >= 4 is 23.6 Å². The highest BCUT2D eigenvalue weighted by atomic mass is 19.4. The molecule has 0 atom stereocenters. The molecule has 0 radical (unpaired) electrons. The van der Waals surface area contributed by atoms with Gasteiger partial charge in [0.05, 0.1) is 12.2 Å². The zero-order valence-corrected chi connectivity index (χ0v) is 16.7. The Bertz CT molecular complexity index is 1010. The maximum Gasteiger partial charge on any atom is 0.416 e. The van der Waals surface area contributed by atoms with Gasteiger partial charge in [-0.15, -0.1) is 0 Å². The minimum Gasteiger partial charge on any atom is -0.353 e. The molecule has 0 spiro atoms. The molecule has 3 N–H and O–H groups in total. The van der Waals surface area contributed by atoms with Crippen molar-refractivity contribution in [2.45, 2.75) is 19.6 Å². The summed E-state index contributed by atoms with van der Waals surface area (Å²) in [5.41, 5.74) is 1.27. The van der Waals surface area contributed by atoms with Crippen molar-refractivity contribution in [3.05, 3.63) is 83.3 Å². The lowest BCUT2D eigenvalue weighted by atomic mass is 10.1. The second-order valence-electron chi connectivity index (χ2n) is 6.95. The molecular formula is C22H21F3N4O2. The number of carbonyl (C=O) groups is 2. The third kappa shape index (κ3) is 6.63. The van der Waals surface area contributed by atoms with Gasteiger partial charge in [-0.05, 0) is 41.5 Å². The zero-order valence-electron chi connectivity index (χ0n) is 16.7. The first-order valence-corrected chi connectivity index (χ1v) is 9.42. The average Bonchev–Trinajstić information content (AvgIpc) is 3.13. The van der Waals surface area contributed by atoms with Gasteiger partial charge in [0.2, 0.25) is 11.8 Å². The minimum atomic E-state index is -4.38. The normalized spacial score (nSPS) is 13.7. The van der Waals surface area contributed by atoms with Gasteiger partial charge in [0.15, 0.2) is 0 Å². The Morgan fingerprint density at radius 1 is 1.13 bits per heavy atom. The smallest absolute Gasteiger partial charge is 0.353 e. The van der Waals surface area contributed by atoms with Crippen molar-refractivity contribution in [2.24, 2.45) is 0 Å². The van der Waals surface area contributed by atoms with Gasteiger partial charge in [-0.3, -0.25) is 9.59 Å². The Morgan fingerprint density at radius 3 is 2.55 bits per heavy atom. The van der Waals surface area contributed by atoms with Crippen LogP contribution >= 0.6 is 0 Å². The maximum atomic E-state index is 12.8. The molecule has 1 aliphatic heterocycles. The molecular weight excluding hydrogens is 409 g/mol. The Balaban J connectivity index is 1.54. The molecule has 2 amide bonds. The van der Waals surface area contributed by atoms with Crippen LogP contribution in [-0.2, 0) is 22.3 Å². The summed E-state index contributed by atoms with van der Waals surface area (Å²) in [5, 5.41) is 8.33. The highest BCUT2D eigenvalue weighted by Crippen LogP contribution is 2.29. The number of nitrogens with zero attached hydrogens (tertiary/aromatic N) is 1. The van der Waals surface area contributed by atoms with Gasteiger partial charge in [-0.25, -0.2) is 0 Å². The monoisotopic (exact) mass is 430 g/mol. The van der Waals surface area contributed by atoms with E-state index in [0.717, 1.165) is 17.7 Å². The lowest BCUT2D eigenvalue weighted by molar-refractivity contribution is -0.137. The number of alkyl halides is 3. The molecule has 0 aromatic heterocycles. The van der Waals surface area contributed by atoms with Gasteiger partial charge in [0, 0.05) is 31.4 Å². The predicted octanol–water partition coefficient (Wildman–Crippen LogP) is 3.66. The summed E-state index contributed by atoms with van der Waals surface area (Å²) >= 11 is 0. The van der Waals surface area contributed by atoms with Crippen molar-refractivity contribution in [2.75, 3.05) is 12.0 Å². The Kier molecular flexibility index (Phi) is 6.64. The molecule has 0 unspecified atom stereocenters. The van der Waals surface area contributed by atoms with Gasteiger partial charge < -0.3 is 20.9 Å². The van der Waals surface area contributed by atoms with Crippen LogP contribution in [0.5, 0.6) is 0 Å². The number of rotatable bonds is 6. The highest BCUT2D eigenvalue weighted by Gasteiger charge is 2.30. The summed E-state index contributed by atoms with van der Waals surface area (Å²) in [6, 6.07) is 12.1. The molecule has 0 saturated carbocycles. The second kappa shape index (κ2) is 9.38. The van der Waals surface area contributed by atoms with Crippen molar-refractivity contribution in [3.8, 4) is 0 Å². The van der Waals surface area contributed by atoms with E-state index in [1.54, 1.807) is 47.5 Å². The van der Waals surface area contributed by atoms with Gasteiger partial charge in [0.25, 0.3) is 0 Å². The number of hydrogen-bond donors (Lipinski definition) is 3. The Labute approximate surface area is 177 Å². The van der Waals surface area contributed by atoms with Crippen LogP contribution < -0.4 is 16.0 Å². The van der Waals surface area contributed by atoms with Crippen LogP contribution in [0.25, 0.3) is 6.08 Å². The van der Waals surface area contributed by atoms with Crippen LogP contribution in [0.1, 0.15) is 23.6 Å². The molecule has 1 aliphatic rings. The molecule has 3 rings (SSSR count). The summed E-state index contributed by atoms with van der Waals surface area (Å²) in [5.74, 6) is -0.0599. The van der Waals surface area contributed by atoms with E-state index in [9.17, 15) is 22.8 Å². The molecule has 1 heterocycles. The minimum absolute atomic E-state index is 0.165. The largest absolute Gasteiger partial charge is 0.416 e. The van der Waals surface area contributed by atoms with Gasteiger partial charge in [-0.1, -0.05) is 24.3 Å². The Hall–Kier alpha value is -3.75. The molecule has 0 fully saturated rings. The zero-order chi connectivity index (χ0) is 22.4. The van der Waals surface area contributed by atoms with Gasteiger partial charge in [0.1, 0.15) is 5.82 Å². The number of nitrogens with one attached hydrogen (secondary N) is 3. The molecule has 6 nitrogen and oxygen atoms in total. The van der Waals surface area contributed by atoms with Crippen molar-refractivity contribution < 1.29 is 22.8 Å². The number of hydrogen-bond acceptors (Lipinski definition) is 4. The fourth-order valence-corrected chi connectivity index (χ4v) is 2.95. The average molecular weight is 430 g/mol. The molecule has 31 heavy (non-hydrogen) atoms. The lowest BCUT2D eigenvalue weighted by Crippen LogP contribution is -2.28. The van der Waals surface area contributed by atoms with E-state index in [0.29, 0.717) is 23.7 Å². The summed E-state index contributed by atoms with van der Waals surface area (Å²) in [4.78, 5) is 24.9. The van der Waals surface area contributed by atoms with Crippen LogP contribution in [0.3, 0.4) is 0 Å². The summed E-state index contributed by atoms with van der Waals surface area (Å²) in [6.45, 7) is 2.05. The molecule has 0 saturated heterocycles. The first kappa shape index (κ1) is 21.9. The highest BCUT2D eigenvalue weighted by molar-refractivity contribution is 5.93. The fraction of sp³-hybridized carbons (Fsp3) is 0.182. The fourth-order valence-electron chi connectivity index (χ4n) is 2.95. The SMILES string of the molecule is CC(=O)Nc1ccc(/C=C/C(=O)NC2=CN(Cc3cccc(C(F)(F)F)c3)CN2)cc1. The topological polar surface area (TPSA) is 73.5 Å². The lowest BCUT2D eigenvalue weighted by Gasteiger charge is -2.15. The summed E-state index contributed by atoms with van der Waals surface area (Å²) < 4.78 is 38.5. The van der Waals surface area contributed by atoms with E-state index in [-0.39, 0.29) is 18.4 Å². The first-order valence-electron chi connectivity index (χ1n) is 9.42. The Morgan fingerprint density at radius 2 is 1.87 bits per heavy atom. The second-order valence-corrected chi connectivity index (χ2v) is 6.95. The molecule has 2 aromatic rings.